The van der Waals surface area contributed by atoms with E-state index in [1.54, 1.807) is 6.08 Å². The Bertz CT molecular complexity index is 403. The van der Waals surface area contributed by atoms with Gasteiger partial charge in [-0.3, -0.25) is 0 Å². The van der Waals surface area contributed by atoms with Crippen molar-refractivity contribution in [3.63, 3.8) is 0 Å². The normalized spacial score (nSPS) is 11.1. The maximum Gasteiger partial charge on any atom is 0.0411 e. The minimum Gasteiger partial charge on any atom is -0.342 e. The molecule has 0 fully saturated rings. The van der Waals surface area contributed by atoms with Crippen LogP contribution >= 0.6 is 15.9 Å². The van der Waals surface area contributed by atoms with Crippen molar-refractivity contribution < 1.29 is 0 Å². The highest BCUT2D eigenvalue weighted by Crippen LogP contribution is 2.22. The molecule has 1 aromatic carbocycles. The zero-order valence-electron chi connectivity index (χ0n) is 10.2. The molecule has 0 radical (unpaired) electrons. The molecular weight excluding hydrogens is 274 g/mol. The van der Waals surface area contributed by atoms with Crippen molar-refractivity contribution in [1.82, 2.24) is 0 Å². The predicted molar refractivity (Wildman–Crippen MR) is 80.3 cm³/mol. The van der Waals surface area contributed by atoms with E-state index in [1.165, 1.54) is 5.69 Å². The molecule has 0 unspecified atom stereocenters. The minimum atomic E-state index is 0.966. The van der Waals surface area contributed by atoms with Gasteiger partial charge in [-0.2, -0.15) is 0 Å². The third-order valence-corrected chi connectivity index (χ3v) is 2.92. The number of allylic oxidation sites excluding steroid dienone is 3. The number of benzene rings is 1. The Morgan fingerprint density at radius 2 is 1.94 bits per heavy atom. The fourth-order valence-corrected chi connectivity index (χ4v) is 1.91. The summed E-state index contributed by atoms with van der Waals surface area (Å²) in [6.45, 7) is 10.7. The van der Waals surface area contributed by atoms with E-state index in [2.05, 4.69) is 53.0 Å². The lowest BCUT2D eigenvalue weighted by atomic mass is 10.2. The van der Waals surface area contributed by atoms with E-state index in [0.717, 1.165) is 23.1 Å². The molecule has 17 heavy (non-hydrogen) atoms. The third-order valence-electron chi connectivity index (χ3n) is 2.39. The third kappa shape index (κ3) is 3.90. The predicted octanol–water partition coefficient (Wildman–Crippen LogP) is 4.92. The van der Waals surface area contributed by atoms with Crippen LogP contribution in [0.1, 0.15) is 13.3 Å². The van der Waals surface area contributed by atoms with Crippen LogP contribution in [-0.4, -0.2) is 6.54 Å². The summed E-state index contributed by atoms with van der Waals surface area (Å²) in [5.41, 5.74) is 2.24. The van der Waals surface area contributed by atoms with Crippen LogP contribution in [0.15, 0.2) is 65.8 Å². The summed E-state index contributed by atoms with van der Waals surface area (Å²) in [5.74, 6) is 0. The van der Waals surface area contributed by atoms with Crippen molar-refractivity contribution in [3.8, 4) is 0 Å². The molecule has 0 aliphatic carbocycles. The lowest BCUT2D eigenvalue weighted by Crippen LogP contribution is -2.22. The molecule has 0 saturated carbocycles. The minimum absolute atomic E-state index is 0.966. The molecule has 0 aliphatic rings. The van der Waals surface area contributed by atoms with Gasteiger partial charge in [-0.05, 0) is 42.8 Å². The molecule has 0 saturated heterocycles. The molecular formula is C15H18BrN. The second kappa shape index (κ2) is 7.13. The molecule has 0 spiro atoms. The maximum atomic E-state index is 3.86. The Balaban J connectivity index is 3.07. The van der Waals surface area contributed by atoms with Gasteiger partial charge in [-0.1, -0.05) is 42.1 Å². The molecule has 0 bridgehead atoms. The van der Waals surface area contributed by atoms with Gasteiger partial charge in [-0.25, -0.2) is 0 Å². The summed E-state index contributed by atoms with van der Waals surface area (Å²) in [6, 6.07) is 8.29. The first kappa shape index (κ1) is 13.8. The van der Waals surface area contributed by atoms with Crippen LogP contribution in [0.3, 0.4) is 0 Å². The van der Waals surface area contributed by atoms with Crippen LogP contribution in [0.5, 0.6) is 0 Å². The van der Waals surface area contributed by atoms with E-state index < -0.39 is 0 Å². The zero-order chi connectivity index (χ0) is 12.7. The smallest absolute Gasteiger partial charge is 0.0411 e. The molecule has 1 aromatic rings. The molecule has 1 nitrogen and oxygen atoms in total. The monoisotopic (exact) mass is 291 g/mol. The second-order valence-corrected chi connectivity index (χ2v) is 4.58. The summed E-state index contributed by atoms with van der Waals surface area (Å²) in [7, 11) is 0. The molecule has 2 heteroatoms. The summed E-state index contributed by atoms with van der Waals surface area (Å²) >= 11 is 3.45. The van der Waals surface area contributed by atoms with E-state index in [4.69, 9.17) is 0 Å². The Kier molecular flexibility index (Phi) is 5.78. The summed E-state index contributed by atoms with van der Waals surface area (Å²) < 4.78 is 1.09. The van der Waals surface area contributed by atoms with Gasteiger partial charge in [0.05, 0.1) is 0 Å². The van der Waals surface area contributed by atoms with Crippen LogP contribution in [0, 0.1) is 0 Å². The summed E-state index contributed by atoms with van der Waals surface area (Å²) in [5, 5.41) is 0. The van der Waals surface area contributed by atoms with Crippen molar-refractivity contribution >= 4 is 21.6 Å². The highest BCUT2D eigenvalue weighted by Gasteiger charge is 2.07. The summed E-state index contributed by atoms with van der Waals surface area (Å²) in [6.07, 6.45) is 6.71. The van der Waals surface area contributed by atoms with Crippen molar-refractivity contribution in [2.75, 3.05) is 11.4 Å². The van der Waals surface area contributed by atoms with Crippen LogP contribution in [0.25, 0.3) is 0 Å². The largest absolute Gasteiger partial charge is 0.342 e. The van der Waals surface area contributed by atoms with Crippen molar-refractivity contribution in [1.29, 1.82) is 0 Å². The quantitative estimate of drug-likeness (QED) is 0.672. The highest BCUT2D eigenvalue weighted by atomic mass is 79.9. The number of halogens is 1. The highest BCUT2D eigenvalue weighted by molar-refractivity contribution is 9.10. The molecule has 0 aliphatic heterocycles. The van der Waals surface area contributed by atoms with E-state index in [9.17, 15) is 0 Å². The molecule has 0 heterocycles. The SMILES string of the molecule is C=C/C=C(\C=C)N(CCC)c1ccc(Br)cc1. The van der Waals surface area contributed by atoms with E-state index >= 15 is 0 Å². The Morgan fingerprint density at radius 1 is 1.29 bits per heavy atom. The average molecular weight is 292 g/mol. The van der Waals surface area contributed by atoms with Crippen molar-refractivity contribution in [2.45, 2.75) is 13.3 Å². The molecule has 90 valence electrons. The van der Waals surface area contributed by atoms with Gasteiger partial charge in [0.25, 0.3) is 0 Å². The second-order valence-electron chi connectivity index (χ2n) is 3.66. The van der Waals surface area contributed by atoms with Gasteiger partial charge in [-0.15, -0.1) is 0 Å². The molecule has 0 N–H and O–H groups in total. The van der Waals surface area contributed by atoms with Crippen molar-refractivity contribution in [2.24, 2.45) is 0 Å². The Morgan fingerprint density at radius 3 is 2.41 bits per heavy atom. The lowest BCUT2D eigenvalue weighted by Gasteiger charge is -2.25. The molecule has 1 rings (SSSR count). The molecule has 0 aromatic heterocycles. The topological polar surface area (TPSA) is 3.24 Å². The fourth-order valence-electron chi connectivity index (χ4n) is 1.64. The fraction of sp³-hybridized carbons (Fsp3) is 0.200. The van der Waals surface area contributed by atoms with Crippen molar-refractivity contribution in [3.05, 3.63) is 65.8 Å². The van der Waals surface area contributed by atoms with E-state index in [-0.39, 0.29) is 0 Å². The van der Waals surface area contributed by atoms with Gasteiger partial charge in [0.1, 0.15) is 0 Å². The Labute approximate surface area is 112 Å². The van der Waals surface area contributed by atoms with Crippen LogP contribution in [-0.2, 0) is 0 Å². The Hall–Kier alpha value is -1.28. The van der Waals surface area contributed by atoms with Gasteiger partial charge in [0, 0.05) is 22.4 Å². The first-order chi connectivity index (χ1) is 8.22. The maximum absolute atomic E-state index is 3.86. The van der Waals surface area contributed by atoms with Gasteiger partial charge >= 0.3 is 0 Å². The first-order valence-corrected chi connectivity index (χ1v) is 6.50. The number of rotatable bonds is 6. The number of nitrogens with zero attached hydrogens (tertiary/aromatic N) is 1. The van der Waals surface area contributed by atoms with E-state index in [0.29, 0.717) is 0 Å². The van der Waals surface area contributed by atoms with E-state index in [1.807, 2.05) is 24.3 Å². The first-order valence-electron chi connectivity index (χ1n) is 5.71. The molecule has 0 atom stereocenters. The average Bonchev–Trinajstić information content (AvgIpc) is 2.35. The number of hydrogen-bond acceptors (Lipinski definition) is 1. The van der Waals surface area contributed by atoms with Crippen LogP contribution in [0.4, 0.5) is 5.69 Å². The number of anilines is 1. The van der Waals surface area contributed by atoms with Gasteiger partial charge in [0.2, 0.25) is 0 Å². The van der Waals surface area contributed by atoms with Crippen LogP contribution < -0.4 is 4.90 Å². The van der Waals surface area contributed by atoms with Crippen LogP contribution in [0.2, 0.25) is 0 Å². The standard InChI is InChI=1S/C15H18BrN/c1-4-7-14(6-3)17(12-5-2)15-10-8-13(16)9-11-15/h4,6-11H,1,3,5,12H2,2H3/b14-7+. The van der Waals surface area contributed by atoms with Gasteiger partial charge in [0.15, 0.2) is 0 Å². The zero-order valence-corrected chi connectivity index (χ0v) is 11.8. The lowest BCUT2D eigenvalue weighted by molar-refractivity contribution is 0.861. The molecule has 0 amide bonds. The number of hydrogen-bond donors (Lipinski definition) is 0. The summed E-state index contributed by atoms with van der Waals surface area (Å²) in [4.78, 5) is 2.24. The van der Waals surface area contributed by atoms with Gasteiger partial charge < -0.3 is 4.90 Å².